The van der Waals surface area contributed by atoms with Crippen molar-refractivity contribution in [2.75, 3.05) is 0 Å². The minimum absolute atomic E-state index is 0. The van der Waals surface area contributed by atoms with Gasteiger partial charge in [0, 0.05) is 17.1 Å². The Morgan fingerprint density at radius 1 is 1.09 bits per heavy atom. The monoisotopic (exact) mass is 393 g/mol. The number of rotatable bonds is 4. The SMILES string of the molecule is CC(NCc1ccc(C(F)(F)F)cc1)c1cccc(Br)c1.Cl. The van der Waals surface area contributed by atoms with Crippen LogP contribution in [-0.2, 0) is 12.7 Å². The maximum absolute atomic E-state index is 12.5. The van der Waals surface area contributed by atoms with E-state index >= 15 is 0 Å². The van der Waals surface area contributed by atoms with Gasteiger partial charge in [0.1, 0.15) is 0 Å². The first-order chi connectivity index (χ1) is 9.86. The Kier molecular flexibility index (Phi) is 6.91. The van der Waals surface area contributed by atoms with E-state index < -0.39 is 11.7 Å². The summed E-state index contributed by atoms with van der Waals surface area (Å²) in [5.41, 5.74) is 1.33. The zero-order chi connectivity index (χ0) is 15.5. The van der Waals surface area contributed by atoms with Gasteiger partial charge in [0.2, 0.25) is 0 Å². The zero-order valence-electron chi connectivity index (χ0n) is 11.8. The summed E-state index contributed by atoms with van der Waals surface area (Å²) in [4.78, 5) is 0. The van der Waals surface area contributed by atoms with Gasteiger partial charge in [-0.1, -0.05) is 40.2 Å². The highest BCUT2D eigenvalue weighted by molar-refractivity contribution is 9.10. The molecule has 0 aliphatic rings. The lowest BCUT2D eigenvalue weighted by atomic mass is 10.1. The third-order valence-corrected chi connectivity index (χ3v) is 3.74. The van der Waals surface area contributed by atoms with Crippen molar-refractivity contribution in [2.45, 2.75) is 25.7 Å². The number of halogens is 5. The molecule has 0 heterocycles. The Balaban J connectivity index is 0.00000242. The van der Waals surface area contributed by atoms with Gasteiger partial charge in [0.25, 0.3) is 0 Å². The standard InChI is InChI=1S/C16H15BrF3N.ClH/c1-11(13-3-2-4-15(17)9-13)21-10-12-5-7-14(8-6-12)16(18,19)20;/h2-9,11,21H,10H2,1H3;1H. The van der Waals surface area contributed by atoms with Gasteiger partial charge >= 0.3 is 6.18 Å². The van der Waals surface area contributed by atoms with E-state index in [9.17, 15) is 13.2 Å². The molecule has 0 aliphatic heterocycles. The van der Waals surface area contributed by atoms with Crippen LogP contribution in [0.25, 0.3) is 0 Å². The van der Waals surface area contributed by atoms with Crippen molar-refractivity contribution in [3.8, 4) is 0 Å². The van der Waals surface area contributed by atoms with Crippen molar-refractivity contribution < 1.29 is 13.2 Å². The summed E-state index contributed by atoms with van der Waals surface area (Å²) in [5, 5.41) is 3.30. The van der Waals surface area contributed by atoms with Crippen molar-refractivity contribution in [1.29, 1.82) is 0 Å². The van der Waals surface area contributed by atoms with E-state index in [1.807, 2.05) is 31.2 Å². The highest BCUT2D eigenvalue weighted by atomic mass is 79.9. The second-order valence-electron chi connectivity index (χ2n) is 4.85. The van der Waals surface area contributed by atoms with Gasteiger partial charge < -0.3 is 5.32 Å². The molecule has 0 fully saturated rings. The van der Waals surface area contributed by atoms with Crippen LogP contribution in [0.4, 0.5) is 13.2 Å². The molecule has 0 spiro atoms. The third kappa shape index (κ3) is 5.30. The minimum atomic E-state index is -4.28. The van der Waals surface area contributed by atoms with Gasteiger partial charge in [0.05, 0.1) is 5.56 Å². The molecule has 6 heteroatoms. The Labute approximate surface area is 142 Å². The molecule has 1 N–H and O–H groups in total. The van der Waals surface area contributed by atoms with Crippen LogP contribution in [0.1, 0.15) is 29.7 Å². The van der Waals surface area contributed by atoms with Crippen molar-refractivity contribution in [2.24, 2.45) is 0 Å². The normalized spacial score (nSPS) is 12.6. The van der Waals surface area contributed by atoms with Gasteiger partial charge in [-0.3, -0.25) is 0 Å². The molecule has 0 radical (unpaired) electrons. The molecule has 1 atom stereocenters. The molecule has 2 rings (SSSR count). The fourth-order valence-electron chi connectivity index (χ4n) is 1.98. The Bertz CT molecular complexity index is 599. The third-order valence-electron chi connectivity index (χ3n) is 3.24. The molecule has 0 aromatic heterocycles. The van der Waals surface area contributed by atoms with E-state index in [0.29, 0.717) is 6.54 Å². The van der Waals surface area contributed by atoms with E-state index in [0.717, 1.165) is 27.7 Å². The smallest absolute Gasteiger partial charge is 0.306 e. The second kappa shape index (κ2) is 7.99. The quantitative estimate of drug-likeness (QED) is 0.697. The van der Waals surface area contributed by atoms with Gasteiger partial charge in [0.15, 0.2) is 0 Å². The van der Waals surface area contributed by atoms with Gasteiger partial charge in [-0.15, -0.1) is 12.4 Å². The molecule has 0 amide bonds. The van der Waals surface area contributed by atoms with Crippen molar-refractivity contribution in [1.82, 2.24) is 5.32 Å². The van der Waals surface area contributed by atoms with Gasteiger partial charge in [-0.25, -0.2) is 0 Å². The van der Waals surface area contributed by atoms with Crippen LogP contribution in [0.5, 0.6) is 0 Å². The summed E-state index contributed by atoms with van der Waals surface area (Å²) in [6.07, 6.45) is -4.28. The van der Waals surface area contributed by atoms with Crippen molar-refractivity contribution in [3.63, 3.8) is 0 Å². The minimum Gasteiger partial charge on any atom is -0.306 e. The molecule has 2 aromatic rings. The Hall–Kier alpha value is -1.04. The average Bonchev–Trinajstić information content (AvgIpc) is 2.44. The highest BCUT2D eigenvalue weighted by Crippen LogP contribution is 2.29. The summed E-state index contributed by atoms with van der Waals surface area (Å²) < 4.78 is 38.4. The Morgan fingerprint density at radius 3 is 2.27 bits per heavy atom. The fourth-order valence-corrected chi connectivity index (χ4v) is 2.39. The summed E-state index contributed by atoms with van der Waals surface area (Å²) in [5.74, 6) is 0. The van der Waals surface area contributed by atoms with Crippen LogP contribution in [0.3, 0.4) is 0 Å². The first-order valence-corrected chi connectivity index (χ1v) is 7.30. The number of nitrogens with one attached hydrogen (secondary N) is 1. The first kappa shape index (κ1) is 19.0. The molecule has 2 aromatic carbocycles. The van der Waals surface area contributed by atoms with E-state index in [2.05, 4.69) is 21.2 Å². The second-order valence-corrected chi connectivity index (χ2v) is 5.77. The lowest BCUT2D eigenvalue weighted by Gasteiger charge is -2.15. The predicted molar refractivity (Wildman–Crippen MR) is 88.1 cm³/mol. The first-order valence-electron chi connectivity index (χ1n) is 6.51. The molecule has 1 nitrogen and oxygen atoms in total. The van der Waals surface area contributed by atoms with Gasteiger partial charge in [-0.2, -0.15) is 13.2 Å². The number of alkyl halides is 3. The summed E-state index contributed by atoms with van der Waals surface area (Å²) in [6, 6.07) is 13.3. The molecule has 0 aliphatic carbocycles. The van der Waals surface area contributed by atoms with Crippen molar-refractivity contribution >= 4 is 28.3 Å². The predicted octanol–water partition coefficient (Wildman–Crippen LogP) is 5.74. The van der Waals surface area contributed by atoms with Crippen LogP contribution in [0.15, 0.2) is 53.0 Å². The molecule has 1 unspecified atom stereocenters. The molecule has 0 saturated heterocycles. The maximum Gasteiger partial charge on any atom is 0.416 e. The molecular formula is C16H16BrClF3N. The highest BCUT2D eigenvalue weighted by Gasteiger charge is 2.29. The summed E-state index contributed by atoms with van der Waals surface area (Å²) in [7, 11) is 0. The van der Waals surface area contributed by atoms with E-state index in [-0.39, 0.29) is 18.4 Å². The van der Waals surface area contributed by atoms with Crippen LogP contribution >= 0.6 is 28.3 Å². The van der Waals surface area contributed by atoms with Crippen molar-refractivity contribution in [3.05, 3.63) is 69.7 Å². The number of hydrogen-bond acceptors (Lipinski definition) is 1. The molecular weight excluding hydrogens is 379 g/mol. The van der Waals surface area contributed by atoms with E-state index in [4.69, 9.17) is 0 Å². The van der Waals surface area contributed by atoms with Crippen LogP contribution < -0.4 is 5.32 Å². The lowest BCUT2D eigenvalue weighted by molar-refractivity contribution is -0.137. The van der Waals surface area contributed by atoms with E-state index in [1.165, 1.54) is 12.1 Å². The largest absolute Gasteiger partial charge is 0.416 e. The summed E-state index contributed by atoms with van der Waals surface area (Å²) in [6.45, 7) is 2.54. The molecule has 0 bridgehead atoms. The summed E-state index contributed by atoms with van der Waals surface area (Å²) >= 11 is 3.42. The van der Waals surface area contributed by atoms with Crippen LogP contribution in [-0.4, -0.2) is 0 Å². The molecule has 0 saturated carbocycles. The Morgan fingerprint density at radius 2 is 1.73 bits per heavy atom. The van der Waals surface area contributed by atoms with E-state index in [1.54, 1.807) is 0 Å². The number of hydrogen-bond donors (Lipinski definition) is 1. The molecule has 22 heavy (non-hydrogen) atoms. The van der Waals surface area contributed by atoms with Crippen LogP contribution in [0.2, 0.25) is 0 Å². The lowest BCUT2D eigenvalue weighted by Crippen LogP contribution is -2.18. The van der Waals surface area contributed by atoms with Crippen LogP contribution in [0, 0.1) is 0 Å². The maximum atomic E-state index is 12.5. The topological polar surface area (TPSA) is 12.0 Å². The molecule has 120 valence electrons. The van der Waals surface area contributed by atoms with Gasteiger partial charge in [-0.05, 0) is 42.3 Å². The fraction of sp³-hybridized carbons (Fsp3) is 0.250. The number of benzene rings is 2. The average molecular weight is 395 g/mol. The zero-order valence-corrected chi connectivity index (χ0v) is 14.2.